The SMILES string of the molecule is Cc1nc(Nc2ccc(C#N)cc2)cc(C(=O)NCc2ccccn2)n1. The number of benzene rings is 1. The number of amides is 1. The van der Waals surface area contributed by atoms with Crippen molar-refractivity contribution in [3.8, 4) is 6.07 Å². The molecule has 7 nitrogen and oxygen atoms in total. The Kier molecular flexibility index (Phi) is 5.15. The number of nitriles is 1. The summed E-state index contributed by atoms with van der Waals surface area (Å²) in [5.74, 6) is 0.681. The average Bonchev–Trinajstić information content (AvgIpc) is 2.67. The first-order valence-corrected chi connectivity index (χ1v) is 7.95. The lowest BCUT2D eigenvalue weighted by molar-refractivity contribution is 0.0945. The van der Waals surface area contributed by atoms with Gasteiger partial charge in [-0.3, -0.25) is 9.78 Å². The third-order valence-electron chi connectivity index (χ3n) is 3.51. The summed E-state index contributed by atoms with van der Waals surface area (Å²) >= 11 is 0. The van der Waals surface area contributed by atoms with Crippen LogP contribution in [0.1, 0.15) is 27.6 Å². The molecule has 1 aromatic carbocycles. The van der Waals surface area contributed by atoms with Crippen LogP contribution in [0.2, 0.25) is 0 Å². The fraction of sp³-hybridized carbons (Fsp3) is 0.105. The van der Waals surface area contributed by atoms with Gasteiger partial charge in [-0.15, -0.1) is 0 Å². The molecule has 0 fully saturated rings. The molecule has 2 N–H and O–H groups in total. The Bertz CT molecular complexity index is 948. The predicted molar refractivity (Wildman–Crippen MR) is 96.6 cm³/mol. The molecule has 0 spiro atoms. The van der Waals surface area contributed by atoms with Crippen LogP contribution in [0.5, 0.6) is 0 Å². The maximum Gasteiger partial charge on any atom is 0.270 e. The minimum absolute atomic E-state index is 0.268. The summed E-state index contributed by atoms with van der Waals surface area (Å²) in [5, 5.41) is 14.8. The van der Waals surface area contributed by atoms with Gasteiger partial charge < -0.3 is 10.6 Å². The number of carbonyl (C=O) groups is 1. The molecule has 26 heavy (non-hydrogen) atoms. The van der Waals surface area contributed by atoms with Crippen LogP contribution in [0.4, 0.5) is 11.5 Å². The maximum absolute atomic E-state index is 12.4. The van der Waals surface area contributed by atoms with Gasteiger partial charge in [-0.1, -0.05) is 6.07 Å². The highest BCUT2D eigenvalue weighted by Crippen LogP contribution is 2.16. The van der Waals surface area contributed by atoms with Gasteiger partial charge in [0, 0.05) is 18.0 Å². The highest BCUT2D eigenvalue weighted by atomic mass is 16.1. The van der Waals surface area contributed by atoms with Crippen molar-refractivity contribution >= 4 is 17.4 Å². The van der Waals surface area contributed by atoms with Gasteiger partial charge in [0.05, 0.1) is 23.9 Å². The van der Waals surface area contributed by atoms with Crippen LogP contribution < -0.4 is 10.6 Å². The number of aromatic nitrogens is 3. The largest absolute Gasteiger partial charge is 0.345 e. The average molecular weight is 344 g/mol. The molecule has 2 aromatic heterocycles. The van der Waals surface area contributed by atoms with Gasteiger partial charge in [-0.05, 0) is 43.3 Å². The summed E-state index contributed by atoms with van der Waals surface area (Å²) in [4.78, 5) is 25.0. The maximum atomic E-state index is 12.4. The van der Waals surface area contributed by atoms with Gasteiger partial charge in [0.2, 0.25) is 0 Å². The van der Waals surface area contributed by atoms with E-state index in [2.05, 4.69) is 31.7 Å². The van der Waals surface area contributed by atoms with E-state index in [9.17, 15) is 4.79 Å². The van der Waals surface area contributed by atoms with E-state index in [1.54, 1.807) is 43.5 Å². The van der Waals surface area contributed by atoms with E-state index in [1.165, 1.54) is 0 Å². The van der Waals surface area contributed by atoms with Crippen molar-refractivity contribution in [1.82, 2.24) is 20.3 Å². The molecule has 7 heteroatoms. The van der Waals surface area contributed by atoms with Gasteiger partial charge in [0.25, 0.3) is 5.91 Å². The van der Waals surface area contributed by atoms with Gasteiger partial charge >= 0.3 is 0 Å². The molecule has 3 rings (SSSR count). The number of carbonyl (C=O) groups excluding carboxylic acids is 1. The summed E-state index contributed by atoms with van der Waals surface area (Å²) < 4.78 is 0. The van der Waals surface area contributed by atoms with Gasteiger partial charge in [0.1, 0.15) is 17.3 Å². The lowest BCUT2D eigenvalue weighted by atomic mass is 10.2. The smallest absolute Gasteiger partial charge is 0.270 e. The molecule has 0 aliphatic heterocycles. The Morgan fingerprint density at radius 3 is 2.65 bits per heavy atom. The summed E-state index contributed by atoms with van der Waals surface area (Å²) in [6.07, 6.45) is 1.68. The molecule has 128 valence electrons. The van der Waals surface area contributed by atoms with Gasteiger partial charge in [-0.25, -0.2) is 9.97 Å². The van der Waals surface area contributed by atoms with E-state index in [4.69, 9.17) is 5.26 Å². The topological polar surface area (TPSA) is 104 Å². The number of hydrogen-bond acceptors (Lipinski definition) is 6. The lowest BCUT2D eigenvalue weighted by Gasteiger charge is -2.09. The van der Waals surface area contributed by atoms with Crippen molar-refractivity contribution in [3.63, 3.8) is 0 Å². The molecule has 0 atom stereocenters. The van der Waals surface area contributed by atoms with Crippen molar-refractivity contribution in [2.75, 3.05) is 5.32 Å². The first-order chi connectivity index (χ1) is 12.6. The van der Waals surface area contributed by atoms with E-state index in [0.717, 1.165) is 11.4 Å². The van der Waals surface area contributed by atoms with Gasteiger partial charge in [0.15, 0.2) is 0 Å². The summed E-state index contributed by atoms with van der Waals surface area (Å²) in [5.41, 5.74) is 2.37. The number of hydrogen-bond donors (Lipinski definition) is 2. The second-order valence-electron chi connectivity index (χ2n) is 5.50. The molecule has 0 bridgehead atoms. The van der Waals surface area contributed by atoms with Gasteiger partial charge in [-0.2, -0.15) is 5.26 Å². The molecular weight excluding hydrogens is 328 g/mol. The minimum atomic E-state index is -0.302. The van der Waals surface area contributed by atoms with Crippen molar-refractivity contribution in [3.05, 3.63) is 77.5 Å². The fourth-order valence-electron chi connectivity index (χ4n) is 2.29. The van der Waals surface area contributed by atoms with Crippen LogP contribution in [0, 0.1) is 18.3 Å². The van der Waals surface area contributed by atoms with Crippen molar-refractivity contribution in [2.24, 2.45) is 0 Å². The lowest BCUT2D eigenvalue weighted by Crippen LogP contribution is -2.24. The molecule has 3 aromatic rings. The molecule has 0 aliphatic carbocycles. The van der Waals surface area contributed by atoms with Crippen LogP contribution >= 0.6 is 0 Å². The summed E-state index contributed by atoms with van der Waals surface area (Å²) in [6.45, 7) is 2.04. The quantitative estimate of drug-likeness (QED) is 0.737. The zero-order valence-corrected chi connectivity index (χ0v) is 14.1. The van der Waals surface area contributed by atoms with Crippen molar-refractivity contribution in [1.29, 1.82) is 5.26 Å². The first kappa shape index (κ1) is 17.0. The second-order valence-corrected chi connectivity index (χ2v) is 5.50. The monoisotopic (exact) mass is 344 g/mol. The number of aryl methyl sites for hydroxylation is 1. The molecule has 0 aliphatic rings. The Hall–Kier alpha value is -3.79. The van der Waals surface area contributed by atoms with E-state index >= 15 is 0 Å². The zero-order chi connectivity index (χ0) is 18.4. The molecule has 0 radical (unpaired) electrons. The van der Waals surface area contributed by atoms with E-state index in [-0.39, 0.29) is 11.6 Å². The number of pyridine rings is 1. The Morgan fingerprint density at radius 2 is 1.96 bits per heavy atom. The normalized spacial score (nSPS) is 10.0. The third kappa shape index (κ3) is 4.39. The molecule has 0 unspecified atom stereocenters. The third-order valence-corrected chi connectivity index (χ3v) is 3.51. The zero-order valence-electron chi connectivity index (χ0n) is 14.1. The van der Waals surface area contributed by atoms with Crippen LogP contribution in [0.25, 0.3) is 0 Å². The van der Waals surface area contributed by atoms with Crippen LogP contribution in [0.3, 0.4) is 0 Å². The second kappa shape index (κ2) is 7.85. The fourth-order valence-corrected chi connectivity index (χ4v) is 2.29. The van der Waals surface area contributed by atoms with E-state index in [1.807, 2.05) is 18.2 Å². The first-order valence-electron chi connectivity index (χ1n) is 7.95. The number of anilines is 2. The minimum Gasteiger partial charge on any atom is -0.345 e. The Balaban J connectivity index is 1.72. The number of nitrogens with one attached hydrogen (secondary N) is 2. The van der Waals surface area contributed by atoms with Crippen molar-refractivity contribution < 1.29 is 4.79 Å². The summed E-state index contributed by atoms with van der Waals surface area (Å²) in [6, 6.07) is 16.1. The Morgan fingerprint density at radius 1 is 1.15 bits per heavy atom. The molecule has 2 heterocycles. The van der Waals surface area contributed by atoms with Crippen molar-refractivity contribution in [2.45, 2.75) is 13.5 Å². The summed E-state index contributed by atoms with van der Waals surface area (Å²) in [7, 11) is 0. The number of rotatable bonds is 5. The van der Waals surface area contributed by atoms with Crippen LogP contribution in [0.15, 0.2) is 54.7 Å². The molecular formula is C19H16N6O. The van der Waals surface area contributed by atoms with Crippen LogP contribution in [-0.4, -0.2) is 20.9 Å². The number of nitrogens with zero attached hydrogens (tertiary/aromatic N) is 4. The predicted octanol–water partition coefficient (Wildman–Crippen LogP) is 2.73. The standard InChI is InChI=1S/C19H16N6O/c1-13-23-17(19(26)22-12-16-4-2-3-9-21-16)10-18(24-13)25-15-7-5-14(11-20)6-8-15/h2-10H,12H2,1H3,(H,22,26)(H,23,24,25). The molecule has 0 saturated carbocycles. The molecule has 0 saturated heterocycles. The molecule has 1 amide bonds. The van der Waals surface area contributed by atoms with E-state index < -0.39 is 0 Å². The highest BCUT2D eigenvalue weighted by Gasteiger charge is 2.11. The van der Waals surface area contributed by atoms with Crippen LogP contribution in [-0.2, 0) is 6.54 Å². The highest BCUT2D eigenvalue weighted by molar-refractivity contribution is 5.93. The van der Waals surface area contributed by atoms with E-state index in [0.29, 0.717) is 23.8 Å². The Labute approximate surface area is 150 Å².